The first kappa shape index (κ1) is 33.4. The van der Waals surface area contributed by atoms with Gasteiger partial charge in [0, 0.05) is 90.4 Å². The minimum Gasteiger partial charge on any atom is -0.493 e. The lowest BCUT2D eigenvalue weighted by molar-refractivity contribution is -0.120. The summed E-state index contributed by atoms with van der Waals surface area (Å²) >= 11 is 14.3. The molecule has 0 spiro atoms. The Morgan fingerprint density at radius 2 is 1.51 bits per heavy atom. The van der Waals surface area contributed by atoms with Gasteiger partial charge in [-0.2, -0.15) is 0 Å². The average Bonchev–Trinajstić information content (AvgIpc) is 3.74. The molecule has 0 aliphatic carbocycles. The van der Waals surface area contributed by atoms with Crippen molar-refractivity contribution in [3.05, 3.63) is 87.9 Å². The first-order chi connectivity index (χ1) is 23.9. The third-order valence-electron chi connectivity index (χ3n) is 9.55. The summed E-state index contributed by atoms with van der Waals surface area (Å²) < 4.78 is 11.8. The van der Waals surface area contributed by atoms with Crippen LogP contribution in [0, 0.1) is 0 Å². The molecule has 4 heterocycles. The van der Waals surface area contributed by atoms with Crippen LogP contribution in [-0.4, -0.2) is 55.7 Å². The van der Waals surface area contributed by atoms with Gasteiger partial charge >= 0.3 is 0 Å². The Kier molecular flexibility index (Phi) is 10.0. The van der Waals surface area contributed by atoms with Crippen molar-refractivity contribution in [3.8, 4) is 45.1 Å². The molecule has 7 rings (SSSR count). The Morgan fingerprint density at radius 1 is 0.837 bits per heavy atom. The highest BCUT2D eigenvalue weighted by atomic mass is 35.5. The van der Waals surface area contributed by atoms with Gasteiger partial charge in [-0.3, -0.25) is 9.59 Å². The Bertz CT molecular complexity index is 1890. The summed E-state index contributed by atoms with van der Waals surface area (Å²) in [6.45, 7) is 2.59. The molecule has 11 heteroatoms. The summed E-state index contributed by atoms with van der Waals surface area (Å²) in [7, 11) is 1.61. The number of rotatable bonds is 11. The Balaban J connectivity index is 1.10. The normalized spacial score (nSPS) is 20.0. The van der Waals surface area contributed by atoms with Gasteiger partial charge in [0.2, 0.25) is 17.7 Å². The molecular formula is C38H39Cl2N5O4. The van der Waals surface area contributed by atoms with E-state index in [4.69, 9.17) is 37.7 Å². The van der Waals surface area contributed by atoms with Gasteiger partial charge < -0.3 is 30.7 Å². The number of hydrogen-bond donors (Lipinski definition) is 4. The van der Waals surface area contributed by atoms with Crippen LogP contribution in [0.1, 0.15) is 49.3 Å². The molecule has 2 saturated heterocycles. The Morgan fingerprint density at radius 3 is 2.20 bits per heavy atom. The van der Waals surface area contributed by atoms with Crippen molar-refractivity contribution in [1.82, 2.24) is 26.3 Å². The standard InChI is InChI=1S/C38H39Cl2N5O4/c1-48-38-23(19-41-20-24-10-14-34(46)43-24)9-13-32(45-38)30-7-3-6-28(37(30)40)27-5-2-4-26(36(27)39)22-8-12-29-31(16-17-49-33(29)18-22)42-21-25-11-15-35(47)44-25/h2-9,12-13,18,24-25,31,41-42H,10-11,14-17,19-21H2,1H3,(H,43,46)(H,44,47). The number of ether oxygens (including phenoxy) is 2. The fraction of sp³-hybridized carbons (Fsp3) is 0.342. The van der Waals surface area contributed by atoms with Crippen LogP contribution in [0.4, 0.5) is 0 Å². The van der Waals surface area contributed by atoms with Crippen LogP contribution < -0.4 is 30.7 Å². The van der Waals surface area contributed by atoms with Crippen LogP contribution in [-0.2, 0) is 16.1 Å². The van der Waals surface area contributed by atoms with E-state index in [1.165, 1.54) is 0 Å². The van der Waals surface area contributed by atoms with Crippen molar-refractivity contribution < 1.29 is 19.1 Å². The fourth-order valence-electron chi connectivity index (χ4n) is 6.93. The molecule has 2 fully saturated rings. The van der Waals surface area contributed by atoms with E-state index in [2.05, 4.69) is 39.5 Å². The zero-order chi connectivity index (χ0) is 33.9. The van der Waals surface area contributed by atoms with Crippen LogP contribution in [0.5, 0.6) is 11.6 Å². The number of pyridine rings is 1. The quantitative estimate of drug-likeness (QED) is 0.142. The lowest BCUT2D eigenvalue weighted by atomic mass is 9.94. The van der Waals surface area contributed by atoms with Gasteiger partial charge in [0.25, 0.3) is 0 Å². The van der Waals surface area contributed by atoms with Crippen molar-refractivity contribution in [2.45, 2.75) is 56.8 Å². The van der Waals surface area contributed by atoms with E-state index in [1.54, 1.807) is 7.11 Å². The summed E-state index contributed by atoms with van der Waals surface area (Å²) in [5, 5.41) is 14.2. The third-order valence-corrected chi connectivity index (χ3v) is 10.4. The summed E-state index contributed by atoms with van der Waals surface area (Å²) in [6.07, 6.45) is 3.73. The number of fused-ring (bicyclic) bond motifs is 1. The van der Waals surface area contributed by atoms with Crippen molar-refractivity contribution in [2.75, 3.05) is 26.8 Å². The molecular weight excluding hydrogens is 661 g/mol. The van der Waals surface area contributed by atoms with Gasteiger partial charge in [0.15, 0.2) is 0 Å². The van der Waals surface area contributed by atoms with Crippen LogP contribution in [0.15, 0.2) is 66.7 Å². The highest BCUT2D eigenvalue weighted by Crippen LogP contribution is 2.44. The van der Waals surface area contributed by atoms with Crippen molar-refractivity contribution in [3.63, 3.8) is 0 Å². The number of amides is 2. The Labute approximate surface area is 296 Å². The van der Waals surface area contributed by atoms with E-state index in [0.717, 1.165) is 70.5 Å². The second-order valence-corrected chi connectivity index (χ2v) is 13.5. The molecule has 0 bridgehead atoms. The maximum absolute atomic E-state index is 11.6. The molecule has 9 nitrogen and oxygen atoms in total. The maximum Gasteiger partial charge on any atom is 0.220 e. The summed E-state index contributed by atoms with van der Waals surface area (Å²) in [4.78, 5) is 27.9. The number of aromatic nitrogens is 1. The number of nitrogens with zero attached hydrogens (tertiary/aromatic N) is 1. The number of nitrogens with one attached hydrogen (secondary N) is 4. The van der Waals surface area contributed by atoms with Crippen molar-refractivity contribution in [2.24, 2.45) is 0 Å². The fourth-order valence-corrected chi connectivity index (χ4v) is 7.59. The zero-order valence-corrected chi connectivity index (χ0v) is 28.8. The van der Waals surface area contributed by atoms with Gasteiger partial charge in [-0.05, 0) is 30.5 Å². The molecule has 1 aromatic heterocycles. The number of methoxy groups -OCH3 is 1. The molecule has 3 aliphatic heterocycles. The molecule has 3 atom stereocenters. The first-order valence-electron chi connectivity index (χ1n) is 16.8. The second kappa shape index (κ2) is 14.8. The molecule has 49 heavy (non-hydrogen) atoms. The molecule has 0 saturated carbocycles. The number of benzene rings is 3. The molecule has 2 amide bonds. The molecule has 3 aromatic carbocycles. The number of halogens is 2. The van der Waals surface area contributed by atoms with Crippen LogP contribution in [0.3, 0.4) is 0 Å². The minimum atomic E-state index is 0.103. The van der Waals surface area contributed by atoms with E-state index in [1.807, 2.05) is 48.5 Å². The van der Waals surface area contributed by atoms with E-state index in [9.17, 15) is 9.59 Å². The third kappa shape index (κ3) is 7.26. The average molecular weight is 701 g/mol. The van der Waals surface area contributed by atoms with Gasteiger partial charge in [-0.15, -0.1) is 0 Å². The zero-order valence-electron chi connectivity index (χ0n) is 27.3. The van der Waals surface area contributed by atoms with Crippen LogP contribution in [0.25, 0.3) is 33.5 Å². The lowest BCUT2D eigenvalue weighted by Gasteiger charge is -2.28. The number of carbonyl (C=O) groups is 2. The lowest BCUT2D eigenvalue weighted by Crippen LogP contribution is -2.38. The van der Waals surface area contributed by atoms with Crippen molar-refractivity contribution in [1.29, 1.82) is 0 Å². The van der Waals surface area contributed by atoms with E-state index >= 15 is 0 Å². The summed E-state index contributed by atoms with van der Waals surface area (Å²) in [5.41, 5.74) is 6.92. The molecule has 3 unspecified atom stereocenters. The predicted octanol–water partition coefficient (Wildman–Crippen LogP) is 6.46. The SMILES string of the molecule is COc1nc(-c2cccc(-c3cccc(-c4ccc5c(c4)OCCC5NCC4CCC(=O)N4)c3Cl)c2Cl)ccc1CNCC1CCC(=O)N1. The highest BCUT2D eigenvalue weighted by Gasteiger charge is 2.26. The largest absolute Gasteiger partial charge is 0.493 e. The molecule has 3 aliphatic rings. The van der Waals surface area contributed by atoms with Gasteiger partial charge in [0.05, 0.1) is 29.5 Å². The van der Waals surface area contributed by atoms with Crippen molar-refractivity contribution >= 4 is 35.0 Å². The molecule has 4 N–H and O–H groups in total. The van der Waals surface area contributed by atoms with Crippen LogP contribution >= 0.6 is 23.2 Å². The number of carbonyl (C=O) groups excluding carboxylic acids is 2. The molecule has 0 radical (unpaired) electrons. The number of hydrogen-bond acceptors (Lipinski definition) is 7. The first-order valence-corrected chi connectivity index (χ1v) is 17.5. The van der Waals surface area contributed by atoms with E-state index in [-0.39, 0.29) is 29.9 Å². The van der Waals surface area contributed by atoms with Gasteiger partial charge in [0.1, 0.15) is 5.75 Å². The van der Waals surface area contributed by atoms with Gasteiger partial charge in [-0.25, -0.2) is 4.98 Å². The minimum absolute atomic E-state index is 0.103. The molecule has 4 aromatic rings. The molecule has 254 valence electrons. The predicted molar refractivity (Wildman–Crippen MR) is 192 cm³/mol. The summed E-state index contributed by atoms with van der Waals surface area (Å²) in [5.74, 6) is 1.58. The smallest absolute Gasteiger partial charge is 0.220 e. The Hall–Kier alpha value is -4.15. The summed E-state index contributed by atoms with van der Waals surface area (Å²) in [6, 6.07) is 22.5. The highest BCUT2D eigenvalue weighted by molar-refractivity contribution is 6.39. The second-order valence-electron chi connectivity index (χ2n) is 12.8. The van der Waals surface area contributed by atoms with E-state index in [0.29, 0.717) is 54.2 Å². The topological polar surface area (TPSA) is 114 Å². The van der Waals surface area contributed by atoms with Crippen LogP contribution in [0.2, 0.25) is 10.0 Å². The van der Waals surface area contributed by atoms with E-state index < -0.39 is 0 Å². The monoisotopic (exact) mass is 699 g/mol. The maximum atomic E-state index is 11.6. The van der Waals surface area contributed by atoms with Gasteiger partial charge in [-0.1, -0.05) is 77.8 Å².